The van der Waals surface area contributed by atoms with Gasteiger partial charge in [-0.05, 0) is 31.7 Å². The van der Waals surface area contributed by atoms with Crippen LogP contribution in [0.2, 0.25) is 0 Å². The third-order valence-electron chi connectivity index (χ3n) is 3.46. The van der Waals surface area contributed by atoms with Gasteiger partial charge in [-0.3, -0.25) is 4.79 Å². The Morgan fingerprint density at radius 3 is 2.88 bits per heavy atom. The molecule has 2 N–H and O–H groups in total. The zero-order valence-corrected chi connectivity index (χ0v) is 11.2. The molecule has 1 rings (SSSR count). The van der Waals surface area contributed by atoms with E-state index in [0.29, 0.717) is 12.3 Å². The summed E-state index contributed by atoms with van der Waals surface area (Å²) in [7, 11) is 1.45. The second-order valence-corrected chi connectivity index (χ2v) is 5.09. The van der Waals surface area contributed by atoms with E-state index in [0.717, 1.165) is 32.5 Å². The van der Waals surface area contributed by atoms with Crippen molar-refractivity contribution in [2.75, 3.05) is 26.7 Å². The Balaban J connectivity index is 2.31. The van der Waals surface area contributed by atoms with Crippen LogP contribution in [0.25, 0.3) is 0 Å². The first kappa shape index (κ1) is 14.5. The molecule has 1 heterocycles. The van der Waals surface area contributed by atoms with E-state index < -0.39 is 0 Å². The summed E-state index contributed by atoms with van der Waals surface area (Å²) in [5.41, 5.74) is 6.07. The number of ether oxygens (including phenoxy) is 1. The van der Waals surface area contributed by atoms with Gasteiger partial charge >= 0.3 is 5.97 Å². The van der Waals surface area contributed by atoms with E-state index in [1.807, 2.05) is 0 Å². The maximum Gasteiger partial charge on any atom is 0.305 e. The molecule has 0 bridgehead atoms. The standard InChI is InChI=1S/C13H26N2O2/c1-3-4-7-15-9-11(8-12(14)10-15)5-6-13(16)17-2/h11-12H,3-10,14H2,1-2H3. The molecule has 100 valence electrons. The van der Waals surface area contributed by atoms with Crippen molar-refractivity contribution in [3.63, 3.8) is 0 Å². The number of carbonyl (C=O) groups excluding carboxylic acids is 1. The molecule has 0 spiro atoms. The number of piperidine rings is 1. The highest BCUT2D eigenvalue weighted by molar-refractivity contribution is 5.69. The normalized spacial score (nSPS) is 25.8. The minimum atomic E-state index is -0.107. The van der Waals surface area contributed by atoms with Crippen LogP contribution in [-0.4, -0.2) is 43.7 Å². The van der Waals surface area contributed by atoms with Gasteiger partial charge in [0.2, 0.25) is 0 Å². The first-order valence-electron chi connectivity index (χ1n) is 6.70. The van der Waals surface area contributed by atoms with Crippen molar-refractivity contribution >= 4 is 5.97 Å². The van der Waals surface area contributed by atoms with Gasteiger partial charge in [-0.15, -0.1) is 0 Å². The van der Waals surface area contributed by atoms with Crippen molar-refractivity contribution < 1.29 is 9.53 Å². The Kier molecular flexibility index (Phi) is 6.52. The van der Waals surface area contributed by atoms with Crippen LogP contribution in [0.4, 0.5) is 0 Å². The lowest BCUT2D eigenvalue weighted by atomic mass is 9.90. The monoisotopic (exact) mass is 242 g/mol. The van der Waals surface area contributed by atoms with Gasteiger partial charge < -0.3 is 15.4 Å². The SMILES string of the molecule is CCCCN1CC(N)CC(CCC(=O)OC)C1. The number of hydrogen-bond donors (Lipinski definition) is 1. The van der Waals surface area contributed by atoms with E-state index in [1.54, 1.807) is 0 Å². The van der Waals surface area contributed by atoms with Crippen LogP contribution >= 0.6 is 0 Å². The minimum Gasteiger partial charge on any atom is -0.469 e. The van der Waals surface area contributed by atoms with Crippen molar-refractivity contribution in [2.24, 2.45) is 11.7 Å². The lowest BCUT2D eigenvalue weighted by Gasteiger charge is -2.36. The van der Waals surface area contributed by atoms with Gasteiger partial charge in [0.05, 0.1) is 7.11 Å². The van der Waals surface area contributed by atoms with Crippen molar-refractivity contribution in [2.45, 2.75) is 45.1 Å². The Morgan fingerprint density at radius 2 is 2.24 bits per heavy atom. The number of nitrogens with two attached hydrogens (primary N) is 1. The molecule has 4 heteroatoms. The zero-order chi connectivity index (χ0) is 12.7. The Morgan fingerprint density at radius 1 is 1.47 bits per heavy atom. The topological polar surface area (TPSA) is 55.6 Å². The molecule has 0 saturated carbocycles. The largest absolute Gasteiger partial charge is 0.469 e. The van der Waals surface area contributed by atoms with Crippen LogP contribution in [0.3, 0.4) is 0 Å². The zero-order valence-electron chi connectivity index (χ0n) is 11.2. The third-order valence-corrected chi connectivity index (χ3v) is 3.46. The summed E-state index contributed by atoms with van der Waals surface area (Å²) >= 11 is 0. The van der Waals surface area contributed by atoms with E-state index in [1.165, 1.54) is 20.0 Å². The lowest BCUT2D eigenvalue weighted by Crippen LogP contribution is -2.47. The van der Waals surface area contributed by atoms with Gasteiger partial charge in [-0.25, -0.2) is 0 Å². The minimum absolute atomic E-state index is 0.107. The van der Waals surface area contributed by atoms with Crippen LogP contribution in [0.15, 0.2) is 0 Å². The van der Waals surface area contributed by atoms with Gasteiger partial charge in [0.15, 0.2) is 0 Å². The number of esters is 1. The summed E-state index contributed by atoms with van der Waals surface area (Å²) in [6.07, 6.45) is 4.92. The van der Waals surface area contributed by atoms with Crippen molar-refractivity contribution in [3.05, 3.63) is 0 Å². The number of unbranched alkanes of at least 4 members (excludes halogenated alkanes) is 1. The maximum atomic E-state index is 11.1. The summed E-state index contributed by atoms with van der Waals surface area (Å²) < 4.78 is 4.68. The van der Waals surface area contributed by atoms with Crippen LogP contribution in [-0.2, 0) is 9.53 Å². The van der Waals surface area contributed by atoms with E-state index in [2.05, 4.69) is 16.6 Å². The average Bonchev–Trinajstić information content (AvgIpc) is 2.32. The fourth-order valence-corrected chi connectivity index (χ4v) is 2.55. The Labute approximate surface area is 104 Å². The summed E-state index contributed by atoms with van der Waals surface area (Å²) in [5.74, 6) is 0.443. The number of methoxy groups -OCH3 is 1. The summed E-state index contributed by atoms with van der Waals surface area (Å²) in [6.45, 7) is 5.44. The first-order chi connectivity index (χ1) is 8.15. The molecule has 1 saturated heterocycles. The molecule has 2 atom stereocenters. The summed E-state index contributed by atoms with van der Waals surface area (Å²) in [5, 5.41) is 0. The van der Waals surface area contributed by atoms with E-state index in [9.17, 15) is 4.79 Å². The molecule has 0 radical (unpaired) electrons. The number of hydrogen-bond acceptors (Lipinski definition) is 4. The number of carbonyl (C=O) groups is 1. The van der Waals surface area contributed by atoms with Crippen LogP contribution < -0.4 is 5.73 Å². The van der Waals surface area contributed by atoms with E-state index in [4.69, 9.17) is 5.73 Å². The molecule has 1 aliphatic heterocycles. The molecule has 0 aromatic rings. The fourth-order valence-electron chi connectivity index (χ4n) is 2.55. The molecular weight excluding hydrogens is 216 g/mol. The molecule has 0 aromatic heterocycles. The third kappa shape index (κ3) is 5.50. The molecule has 0 amide bonds. The van der Waals surface area contributed by atoms with Crippen LogP contribution in [0.1, 0.15) is 39.0 Å². The maximum absolute atomic E-state index is 11.1. The second-order valence-electron chi connectivity index (χ2n) is 5.09. The molecule has 1 fully saturated rings. The molecule has 4 nitrogen and oxygen atoms in total. The second kappa shape index (κ2) is 7.67. The van der Waals surface area contributed by atoms with Crippen molar-refractivity contribution in [1.29, 1.82) is 0 Å². The van der Waals surface area contributed by atoms with Gasteiger partial charge in [0.1, 0.15) is 0 Å². The smallest absolute Gasteiger partial charge is 0.305 e. The Hall–Kier alpha value is -0.610. The highest BCUT2D eigenvalue weighted by Gasteiger charge is 2.24. The quantitative estimate of drug-likeness (QED) is 0.715. The molecule has 2 unspecified atom stereocenters. The number of rotatable bonds is 6. The molecule has 0 aromatic carbocycles. The van der Waals surface area contributed by atoms with E-state index >= 15 is 0 Å². The molecular formula is C13H26N2O2. The molecule has 17 heavy (non-hydrogen) atoms. The van der Waals surface area contributed by atoms with Gasteiger partial charge in [-0.1, -0.05) is 13.3 Å². The summed E-state index contributed by atoms with van der Waals surface area (Å²) in [4.78, 5) is 13.6. The fraction of sp³-hybridized carbons (Fsp3) is 0.923. The first-order valence-corrected chi connectivity index (χ1v) is 6.70. The van der Waals surface area contributed by atoms with Crippen LogP contribution in [0.5, 0.6) is 0 Å². The van der Waals surface area contributed by atoms with Crippen molar-refractivity contribution in [3.8, 4) is 0 Å². The van der Waals surface area contributed by atoms with Gasteiger partial charge in [0, 0.05) is 25.6 Å². The average molecular weight is 242 g/mol. The lowest BCUT2D eigenvalue weighted by molar-refractivity contribution is -0.141. The predicted molar refractivity (Wildman–Crippen MR) is 68.7 cm³/mol. The molecule has 0 aliphatic carbocycles. The van der Waals surface area contributed by atoms with Crippen LogP contribution in [0, 0.1) is 5.92 Å². The highest BCUT2D eigenvalue weighted by Crippen LogP contribution is 2.21. The number of likely N-dealkylation sites (tertiary alicyclic amines) is 1. The predicted octanol–water partition coefficient (Wildman–Crippen LogP) is 1.39. The summed E-state index contributed by atoms with van der Waals surface area (Å²) in [6, 6.07) is 0.267. The molecule has 1 aliphatic rings. The number of nitrogens with zero attached hydrogens (tertiary/aromatic N) is 1. The van der Waals surface area contributed by atoms with E-state index in [-0.39, 0.29) is 12.0 Å². The van der Waals surface area contributed by atoms with Gasteiger partial charge in [0.25, 0.3) is 0 Å². The Bertz CT molecular complexity index is 233. The highest BCUT2D eigenvalue weighted by atomic mass is 16.5. The van der Waals surface area contributed by atoms with Crippen molar-refractivity contribution in [1.82, 2.24) is 4.90 Å². The van der Waals surface area contributed by atoms with Gasteiger partial charge in [-0.2, -0.15) is 0 Å².